The van der Waals surface area contributed by atoms with E-state index in [-0.39, 0.29) is 29.8 Å². The van der Waals surface area contributed by atoms with Crippen molar-refractivity contribution in [1.29, 1.82) is 0 Å². The minimum Gasteiger partial charge on any atom is -0.490 e. The molecule has 0 saturated carbocycles. The highest BCUT2D eigenvalue weighted by Gasteiger charge is 2.23. The van der Waals surface area contributed by atoms with Crippen LogP contribution in [0.1, 0.15) is 26.2 Å². The third-order valence-corrected chi connectivity index (χ3v) is 6.31. The van der Waals surface area contributed by atoms with E-state index in [4.69, 9.17) is 9.47 Å². The first kappa shape index (κ1) is 19.9. The molecule has 1 aromatic carbocycles. The van der Waals surface area contributed by atoms with Crippen molar-refractivity contribution in [3.05, 3.63) is 18.2 Å². The number of piperidine rings is 1. The minimum atomic E-state index is -3.72. The number of amides is 1. The molecule has 0 bridgehead atoms. The van der Waals surface area contributed by atoms with Gasteiger partial charge in [0.05, 0.1) is 18.1 Å². The van der Waals surface area contributed by atoms with Crippen LogP contribution in [0.2, 0.25) is 0 Å². The second-order valence-corrected chi connectivity index (χ2v) is 8.72. The normalized spacial score (nSPS) is 22.7. The molecular formula is C18H27N3O5S. The first-order valence-corrected chi connectivity index (χ1v) is 10.8. The number of nitrogens with one attached hydrogen (secondary N) is 3. The summed E-state index contributed by atoms with van der Waals surface area (Å²) < 4.78 is 38.5. The van der Waals surface area contributed by atoms with Gasteiger partial charge in [0.25, 0.3) is 0 Å². The maximum absolute atomic E-state index is 12.5. The van der Waals surface area contributed by atoms with Gasteiger partial charge in [0.1, 0.15) is 0 Å². The zero-order valence-corrected chi connectivity index (χ0v) is 16.3. The molecule has 2 atom stereocenters. The Labute approximate surface area is 160 Å². The number of benzene rings is 1. The van der Waals surface area contributed by atoms with Crippen molar-refractivity contribution in [3.8, 4) is 11.5 Å². The second-order valence-electron chi connectivity index (χ2n) is 6.95. The molecule has 8 nitrogen and oxygen atoms in total. The van der Waals surface area contributed by atoms with Crippen LogP contribution in [0.4, 0.5) is 0 Å². The van der Waals surface area contributed by atoms with Crippen molar-refractivity contribution in [1.82, 2.24) is 15.4 Å². The van der Waals surface area contributed by atoms with Crippen molar-refractivity contribution < 1.29 is 22.7 Å². The van der Waals surface area contributed by atoms with Crippen molar-refractivity contribution in [2.45, 2.75) is 37.1 Å². The highest BCUT2D eigenvalue weighted by molar-refractivity contribution is 7.89. The van der Waals surface area contributed by atoms with Crippen molar-refractivity contribution in [2.75, 3.05) is 32.8 Å². The quantitative estimate of drug-likeness (QED) is 0.650. The molecule has 3 rings (SSSR count). The molecule has 2 unspecified atom stereocenters. The first-order valence-electron chi connectivity index (χ1n) is 9.35. The first-order chi connectivity index (χ1) is 13.0. The molecule has 0 spiro atoms. The number of rotatable bonds is 6. The highest BCUT2D eigenvalue weighted by Crippen LogP contribution is 2.31. The van der Waals surface area contributed by atoms with E-state index in [9.17, 15) is 13.2 Å². The number of carbonyl (C=O) groups is 1. The second kappa shape index (κ2) is 8.90. The SMILES string of the molecule is CC1CCNCC1NC(=O)CCNS(=O)(=O)c1ccc2c(c1)OCCCO2. The van der Waals surface area contributed by atoms with Crippen LogP contribution in [-0.4, -0.2) is 53.2 Å². The molecule has 1 fully saturated rings. The molecule has 150 valence electrons. The summed E-state index contributed by atoms with van der Waals surface area (Å²) in [5.74, 6) is 1.22. The fraction of sp³-hybridized carbons (Fsp3) is 0.611. The zero-order valence-electron chi connectivity index (χ0n) is 15.5. The predicted molar refractivity (Wildman–Crippen MR) is 100 cm³/mol. The average molecular weight is 397 g/mol. The largest absolute Gasteiger partial charge is 0.490 e. The number of hydrogen-bond acceptors (Lipinski definition) is 6. The number of sulfonamides is 1. The van der Waals surface area contributed by atoms with E-state index >= 15 is 0 Å². The summed E-state index contributed by atoms with van der Waals surface area (Å²) in [7, 11) is -3.72. The Morgan fingerprint density at radius 3 is 2.81 bits per heavy atom. The Morgan fingerprint density at radius 2 is 2.04 bits per heavy atom. The van der Waals surface area contributed by atoms with E-state index < -0.39 is 10.0 Å². The molecular weight excluding hydrogens is 370 g/mol. The number of fused-ring (bicyclic) bond motifs is 1. The molecule has 3 N–H and O–H groups in total. The molecule has 1 amide bonds. The van der Waals surface area contributed by atoms with Crippen LogP contribution in [0.25, 0.3) is 0 Å². The third-order valence-electron chi connectivity index (χ3n) is 4.85. The standard InChI is InChI=1S/C18H27N3O5S/c1-13-5-7-19-12-15(13)21-18(22)6-8-20-27(23,24)14-3-4-16-17(11-14)26-10-2-9-25-16/h3-4,11,13,15,19-20H,2,5-10,12H2,1H3,(H,21,22). The molecule has 9 heteroatoms. The summed E-state index contributed by atoms with van der Waals surface area (Å²) in [4.78, 5) is 12.2. The number of carbonyl (C=O) groups excluding carboxylic acids is 1. The Bertz CT molecular complexity index is 768. The van der Waals surface area contributed by atoms with E-state index in [0.29, 0.717) is 30.6 Å². The van der Waals surface area contributed by atoms with Crippen LogP contribution >= 0.6 is 0 Å². The van der Waals surface area contributed by atoms with Crippen LogP contribution in [0, 0.1) is 5.92 Å². The third kappa shape index (κ3) is 5.33. The van der Waals surface area contributed by atoms with Crippen molar-refractivity contribution >= 4 is 15.9 Å². The van der Waals surface area contributed by atoms with E-state index in [1.54, 1.807) is 6.07 Å². The Kier molecular flexibility index (Phi) is 6.56. The van der Waals surface area contributed by atoms with Gasteiger partial charge in [-0.1, -0.05) is 6.92 Å². The summed E-state index contributed by atoms with van der Waals surface area (Å²) in [5.41, 5.74) is 0. The van der Waals surface area contributed by atoms with Gasteiger partial charge < -0.3 is 20.1 Å². The molecule has 2 aliphatic heterocycles. The predicted octanol–water partition coefficient (Wildman–Crippen LogP) is 0.631. The average Bonchev–Trinajstić information content (AvgIpc) is 2.88. The van der Waals surface area contributed by atoms with E-state index in [1.807, 2.05) is 0 Å². The van der Waals surface area contributed by atoms with Gasteiger partial charge in [-0.3, -0.25) is 4.79 Å². The fourth-order valence-corrected chi connectivity index (χ4v) is 4.20. The van der Waals surface area contributed by atoms with Gasteiger partial charge >= 0.3 is 0 Å². The summed E-state index contributed by atoms with van der Waals surface area (Å²) in [6, 6.07) is 4.62. The maximum Gasteiger partial charge on any atom is 0.240 e. The van der Waals surface area contributed by atoms with Gasteiger partial charge in [0, 0.05) is 38.0 Å². The van der Waals surface area contributed by atoms with Gasteiger partial charge in [-0.15, -0.1) is 0 Å². The van der Waals surface area contributed by atoms with Crippen LogP contribution in [0.5, 0.6) is 11.5 Å². The molecule has 1 saturated heterocycles. The summed E-state index contributed by atoms with van der Waals surface area (Å²) in [6.07, 6.45) is 1.86. The van der Waals surface area contributed by atoms with Gasteiger partial charge in [-0.25, -0.2) is 13.1 Å². The molecule has 0 aromatic heterocycles. The Morgan fingerprint density at radius 1 is 1.26 bits per heavy atom. The number of hydrogen-bond donors (Lipinski definition) is 3. The van der Waals surface area contributed by atoms with Crippen LogP contribution in [0.15, 0.2) is 23.1 Å². The van der Waals surface area contributed by atoms with E-state index in [2.05, 4.69) is 22.3 Å². The van der Waals surface area contributed by atoms with E-state index in [0.717, 1.165) is 25.9 Å². The molecule has 2 heterocycles. The lowest BCUT2D eigenvalue weighted by molar-refractivity contribution is -0.122. The molecule has 27 heavy (non-hydrogen) atoms. The monoisotopic (exact) mass is 397 g/mol. The fourth-order valence-electron chi connectivity index (χ4n) is 3.15. The van der Waals surface area contributed by atoms with Crippen molar-refractivity contribution in [3.63, 3.8) is 0 Å². The molecule has 1 aromatic rings. The molecule has 0 aliphatic carbocycles. The van der Waals surface area contributed by atoms with Crippen molar-refractivity contribution in [2.24, 2.45) is 5.92 Å². The lowest BCUT2D eigenvalue weighted by Gasteiger charge is -2.30. The highest BCUT2D eigenvalue weighted by atomic mass is 32.2. The summed E-state index contributed by atoms with van der Waals surface area (Å²) in [5, 5.41) is 6.22. The molecule has 2 aliphatic rings. The van der Waals surface area contributed by atoms with Gasteiger partial charge in [0.15, 0.2) is 11.5 Å². The number of ether oxygens (including phenoxy) is 2. The van der Waals surface area contributed by atoms with Crippen LogP contribution in [0.3, 0.4) is 0 Å². The van der Waals surface area contributed by atoms with Crippen LogP contribution < -0.4 is 24.8 Å². The Hall–Kier alpha value is -1.84. The summed E-state index contributed by atoms with van der Waals surface area (Å²) >= 11 is 0. The van der Waals surface area contributed by atoms with Crippen LogP contribution in [-0.2, 0) is 14.8 Å². The lowest BCUT2D eigenvalue weighted by Crippen LogP contribution is -2.50. The maximum atomic E-state index is 12.5. The minimum absolute atomic E-state index is 0.0388. The Balaban J connectivity index is 1.52. The van der Waals surface area contributed by atoms with Gasteiger partial charge in [0.2, 0.25) is 15.9 Å². The van der Waals surface area contributed by atoms with Gasteiger partial charge in [-0.05, 0) is 31.0 Å². The van der Waals surface area contributed by atoms with E-state index in [1.165, 1.54) is 12.1 Å². The lowest BCUT2D eigenvalue weighted by atomic mass is 9.95. The topological polar surface area (TPSA) is 106 Å². The summed E-state index contributed by atoms with van der Waals surface area (Å²) in [6.45, 7) is 4.88. The molecule has 0 radical (unpaired) electrons. The smallest absolute Gasteiger partial charge is 0.240 e. The van der Waals surface area contributed by atoms with Gasteiger partial charge in [-0.2, -0.15) is 0 Å². The zero-order chi connectivity index (χ0) is 19.3.